The zero-order valence-corrected chi connectivity index (χ0v) is 16.1. The molecule has 0 aliphatic heterocycles. The Morgan fingerprint density at radius 3 is 1.12 bits per heavy atom. The number of likely N-dealkylation sites (N-methyl/N-ethyl adjacent to an activating group) is 1. The molecule has 0 amide bonds. The third-order valence-corrected chi connectivity index (χ3v) is 2.32. The van der Waals surface area contributed by atoms with E-state index >= 15 is 0 Å². The van der Waals surface area contributed by atoms with Crippen LogP contribution in [0.2, 0.25) is 0 Å². The molecular formula is C15H42N4O7. The van der Waals surface area contributed by atoms with E-state index in [1.54, 1.807) is 11.9 Å². The monoisotopic (exact) mass is 390 g/mol. The first-order valence-electron chi connectivity index (χ1n) is 8.63. The van der Waals surface area contributed by atoms with Crippen LogP contribution in [0.3, 0.4) is 0 Å². The highest BCUT2D eigenvalue weighted by Crippen LogP contribution is 1.84. The Bertz CT molecular complexity index is 175. The van der Waals surface area contributed by atoms with Gasteiger partial charge >= 0.3 is 0 Å². The van der Waals surface area contributed by atoms with Crippen LogP contribution in [0.25, 0.3) is 0 Å². The minimum atomic E-state index is 0.0694. The van der Waals surface area contributed by atoms with Crippen molar-refractivity contribution in [2.24, 2.45) is 5.73 Å². The number of nitrogens with zero attached hydrogens (tertiary/aromatic N) is 1. The lowest BCUT2D eigenvalue weighted by Gasteiger charge is -2.17. The van der Waals surface area contributed by atoms with Crippen molar-refractivity contribution in [3.63, 3.8) is 0 Å². The van der Waals surface area contributed by atoms with Crippen LogP contribution >= 0.6 is 0 Å². The number of nitrogens with two attached hydrogens (primary N) is 1. The molecule has 0 saturated carbocycles. The van der Waals surface area contributed by atoms with E-state index in [1.807, 2.05) is 0 Å². The lowest BCUT2D eigenvalue weighted by molar-refractivity contribution is 0.136. The van der Waals surface area contributed by atoms with Crippen molar-refractivity contribution in [2.45, 2.75) is 0 Å². The molecule has 0 atom stereocenters. The molecule has 26 heavy (non-hydrogen) atoms. The molecule has 0 aliphatic carbocycles. The number of hydrogen-bond donors (Lipinski definition) is 10. The molecule has 11 heteroatoms. The quantitative estimate of drug-likeness (QED) is 0.135. The summed E-state index contributed by atoms with van der Waals surface area (Å²) in [5.74, 6) is 0. The van der Waals surface area contributed by atoms with Gasteiger partial charge in [-0.1, -0.05) is 0 Å². The van der Waals surface area contributed by atoms with Gasteiger partial charge in [0.15, 0.2) is 0 Å². The average molecular weight is 391 g/mol. The van der Waals surface area contributed by atoms with Gasteiger partial charge in [0.25, 0.3) is 0 Å². The van der Waals surface area contributed by atoms with E-state index in [9.17, 15) is 0 Å². The third-order valence-electron chi connectivity index (χ3n) is 2.32. The van der Waals surface area contributed by atoms with Crippen LogP contribution in [0, 0.1) is 0 Å². The van der Waals surface area contributed by atoms with E-state index in [-0.39, 0.29) is 46.2 Å². The van der Waals surface area contributed by atoms with Gasteiger partial charge in [0.2, 0.25) is 0 Å². The van der Waals surface area contributed by atoms with Crippen molar-refractivity contribution < 1.29 is 35.7 Å². The molecule has 0 aromatic heterocycles. The number of rotatable bonds is 13. The molecule has 164 valence electrons. The molecule has 0 heterocycles. The van der Waals surface area contributed by atoms with Crippen LogP contribution in [-0.4, -0.2) is 140 Å². The number of hydrogen-bond acceptors (Lipinski definition) is 11. The van der Waals surface area contributed by atoms with Crippen molar-refractivity contribution in [3.05, 3.63) is 0 Å². The summed E-state index contributed by atoms with van der Waals surface area (Å²) in [6, 6.07) is 0. The fourth-order valence-electron chi connectivity index (χ4n) is 1.15. The summed E-state index contributed by atoms with van der Waals surface area (Å²) in [6.45, 7) is 4.57. The van der Waals surface area contributed by atoms with Crippen molar-refractivity contribution >= 4 is 0 Å². The summed E-state index contributed by atoms with van der Waals surface area (Å²) in [6.07, 6.45) is 0. The van der Waals surface area contributed by atoms with Gasteiger partial charge in [-0.3, -0.25) is 4.90 Å². The van der Waals surface area contributed by atoms with Gasteiger partial charge in [-0.2, -0.15) is 0 Å². The maximum atomic E-state index is 8.48. The topological polar surface area (TPSA) is 195 Å². The predicted molar refractivity (Wildman–Crippen MR) is 102 cm³/mol. The highest BCUT2D eigenvalue weighted by Gasteiger charge is 2.00. The van der Waals surface area contributed by atoms with Crippen LogP contribution in [0.4, 0.5) is 0 Å². The summed E-state index contributed by atoms with van der Waals surface area (Å²) >= 11 is 0. The van der Waals surface area contributed by atoms with Crippen molar-refractivity contribution in [1.82, 2.24) is 15.5 Å². The van der Waals surface area contributed by atoms with E-state index in [0.29, 0.717) is 45.8 Å². The minimum Gasteiger partial charge on any atom is -0.395 e. The first kappa shape index (κ1) is 33.2. The van der Waals surface area contributed by atoms with Gasteiger partial charge in [-0.05, 0) is 7.05 Å². The molecule has 0 saturated heterocycles. The van der Waals surface area contributed by atoms with Crippen molar-refractivity contribution in [3.8, 4) is 0 Å². The van der Waals surface area contributed by atoms with E-state index < -0.39 is 0 Å². The Kier molecular flexibility index (Phi) is 50.5. The van der Waals surface area contributed by atoms with Crippen molar-refractivity contribution in [2.75, 3.05) is 99.1 Å². The molecule has 11 nitrogen and oxygen atoms in total. The highest BCUT2D eigenvalue weighted by atomic mass is 16.3. The lowest BCUT2D eigenvalue weighted by Crippen LogP contribution is -2.32. The van der Waals surface area contributed by atoms with Crippen LogP contribution < -0.4 is 16.4 Å². The van der Waals surface area contributed by atoms with Gasteiger partial charge in [0, 0.05) is 45.8 Å². The van der Waals surface area contributed by atoms with Gasteiger partial charge in [0.1, 0.15) is 0 Å². The summed E-state index contributed by atoms with van der Waals surface area (Å²) in [7, 11) is 1.80. The summed E-state index contributed by atoms with van der Waals surface area (Å²) < 4.78 is 0. The maximum Gasteiger partial charge on any atom is 0.0558 e. The molecule has 0 rings (SSSR count). The third kappa shape index (κ3) is 49.5. The second-order valence-corrected chi connectivity index (χ2v) is 4.55. The zero-order valence-electron chi connectivity index (χ0n) is 16.1. The molecule has 0 aromatic carbocycles. The lowest BCUT2D eigenvalue weighted by atomic mass is 10.4. The zero-order chi connectivity index (χ0) is 20.9. The molecule has 0 fully saturated rings. The average Bonchev–Trinajstić information content (AvgIpc) is 2.65. The molecule has 11 N–H and O–H groups in total. The molecule has 0 aliphatic rings. The molecule has 0 aromatic rings. The second kappa shape index (κ2) is 39.6. The summed E-state index contributed by atoms with van der Waals surface area (Å²) in [5, 5.41) is 63.1. The molecule has 0 spiro atoms. The van der Waals surface area contributed by atoms with Crippen LogP contribution in [0.15, 0.2) is 0 Å². The van der Waals surface area contributed by atoms with Crippen LogP contribution in [0.1, 0.15) is 0 Å². The first-order chi connectivity index (χ1) is 12.6. The summed E-state index contributed by atoms with van der Waals surface area (Å²) in [4.78, 5) is 1.79. The Morgan fingerprint density at radius 1 is 0.615 bits per heavy atom. The van der Waals surface area contributed by atoms with E-state index in [2.05, 4.69) is 10.6 Å². The highest BCUT2D eigenvalue weighted by molar-refractivity contribution is 4.54. The fraction of sp³-hybridized carbons (Fsp3) is 1.00. The standard InChI is InChI=1S/C6H15NO3.C4H11NO2.C3H9NO.C2H7NO/c8-4-1-7(2-5-9)3-6-10;6-3-1-5-2-4-7;1-4-2-3-5;3-1-2-4/h8-10H,1-6H2;5-7H,1-4H2;4-5H,2-3H2,1H3;4H,1-3H2. The molecular weight excluding hydrogens is 348 g/mol. The normalized spacial score (nSPS) is 9.46. The Morgan fingerprint density at radius 2 is 0.962 bits per heavy atom. The van der Waals surface area contributed by atoms with Crippen molar-refractivity contribution in [1.29, 1.82) is 0 Å². The Balaban J connectivity index is -0.000000133. The smallest absolute Gasteiger partial charge is 0.0558 e. The first-order valence-corrected chi connectivity index (χ1v) is 8.63. The minimum absolute atomic E-state index is 0.0694. The van der Waals surface area contributed by atoms with E-state index in [0.717, 1.165) is 0 Å². The number of aliphatic hydroxyl groups is 7. The molecule has 0 bridgehead atoms. The van der Waals surface area contributed by atoms with Gasteiger partial charge in [-0.15, -0.1) is 0 Å². The van der Waals surface area contributed by atoms with Gasteiger partial charge in [0.05, 0.1) is 46.2 Å². The van der Waals surface area contributed by atoms with E-state index in [1.165, 1.54) is 0 Å². The second-order valence-electron chi connectivity index (χ2n) is 4.55. The number of aliphatic hydroxyl groups excluding tert-OH is 7. The maximum absolute atomic E-state index is 8.48. The fourth-order valence-corrected chi connectivity index (χ4v) is 1.15. The SMILES string of the molecule is CNCCO.NCCO.OCCN(CCO)CCO.OCCNCCO. The Hall–Kier alpha value is -0.440. The Labute approximate surface area is 157 Å². The van der Waals surface area contributed by atoms with Crippen LogP contribution in [-0.2, 0) is 0 Å². The van der Waals surface area contributed by atoms with Gasteiger partial charge < -0.3 is 52.1 Å². The largest absolute Gasteiger partial charge is 0.395 e. The molecule has 0 radical (unpaired) electrons. The molecule has 0 unspecified atom stereocenters. The summed E-state index contributed by atoms with van der Waals surface area (Å²) in [5.41, 5.74) is 4.78. The van der Waals surface area contributed by atoms with Crippen LogP contribution in [0.5, 0.6) is 0 Å². The number of nitrogens with one attached hydrogen (secondary N) is 2. The predicted octanol–water partition coefficient (Wildman–Crippen LogP) is -5.04. The van der Waals surface area contributed by atoms with E-state index in [4.69, 9.17) is 41.5 Å². The van der Waals surface area contributed by atoms with Gasteiger partial charge in [-0.25, -0.2) is 0 Å².